The topological polar surface area (TPSA) is 24.1 Å². The van der Waals surface area contributed by atoms with Gasteiger partial charge in [-0.15, -0.1) is 0 Å². The molecule has 0 aliphatic rings. The maximum atomic E-state index is 3.01. The molecule has 0 amide bonds. The van der Waals surface area contributed by atoms with Crippen molar-refractivity contribution in [3.05, 3.63) is 12.2 Å². The number of hydrogen-bond acceptors (Lipinski definition) is 2. The molecule has 0 saturated heterocycles. The Hall–Kier alpha value is -0.340. The molecule has 0 spiro atoms. The molecular weight excluding hydrogens is 100 g/mol. The van der Waals surface area contributed by atoms with E-state index in [0.29, 0.717) is 0 Å². The molecule has 0 aromatic rings. The third kappa shape index (κ3) is 5.66. The fourth-order valence-corrected chi connectivity index (χ4v) is 0.402. The van der Waals surface area contributed by atoms with Gasteiger partial charge in [-0.2, -0.15) is 0 Å². The molecule has 48 valence electrons. The second kappa shape index (κ2) is 6.66. The van der Waals surface area contributed by atoms with Gasteiger partial charge in [-0.3, -0.25) is 0 Å². The summed E-state index contributed by atoms with van der Waals surface area (Å²) in [5.74, 6) is 0. The molecule has 0 aliphatic heterocycles. The maximum absolute atomic E-state index is 3.01. The van der Waals surface area contributed by atoms with Gasteiger partial charge >= 0.3 is 0 Å². The minimum absolute atomic E-state index is 0.960. The van der Waals surface area contributed by atoms with Gasteiger partial charge in [0.05, 0.1) is 0 Å². The smallest absolute Gasteiger partial charge is 0.0132 e. The van der Waals surface area contributed by atoms with Crippen molar-refractivity contribution in [3.63, 3.8) is 0 Å². The van der Waals surface area contributed by atoms with Gasteiger partial charge in [0.1, 0.15) is 0 Å². The van der Waals surface area contributed by atoms with Gasteiger partial charge in [-0.1, -0.05) is 12.2 Å². The second-order valence-electron chi connectivity index (χ2n) is 1.59. The highest BCUT2D eigenvalue weighted by Crippen LogP contribution is 1.64. The molecule has 0 aromatic heterocycles. The van der Waals surface area contributed by atoms with Crippen molar-refractivity contribution in [1.82, 2.24) is 10.6 Å². The lowest BCUT2D eigenvalue weighted by Gasteiger charge is -1.88. The maximum Gasteiger partial charge on any atom is 0.0132 e. The van der Waals surface area contributed by atoms with Crippen LogP contribution in [0.1, 0.15) is 0 Å². The summed E-state index contributed by atoms with van der Waals surface area (Å²) in [6, 6.07) is 0. The summed E-state index contributed by atoms with van der Waals surface area (Å²) in [5.41, 5.74) is 0. The third-order valence-electron chi connectivity index (χ3n) is 0.811. The number of hydrogen-bond donors (Lipinski definition) is 2. The summed E-state index contributed by atoms with van der Waals surface area (Å²) in [4.78, 5) is 0. The highest BCUT2D eigenvalue weighted by Gasteiger charge is 1.68. The predicted molar refractivity (Wildman–Crippen MR) is 37.0 cm³/mol. The van der Waals surface area contributed by atoms with Crippen molar-refractivity contribution in [2.24, 2.45) is 0 Å². The Kier molecular flexibility index (Phi) is 6.38. The molecule has 0 bridgehead atoms. The van der Waals surface area contributed by atoms with E-state index in [9.17, 15) is 0 Å². The average molecular weight is 114 g/mol. The van der Waals surface area contributed by atoms with Crippen LogP contribution < -0.4 is 10.6 Å². The Bertz CT molecular complexity index is 51.5. The summed E-state index contributed by atoms with van der Waals surface area (Å²) in [6.07, 6.45) is 4.19. The van der Waals surface area contributed by atoms with Gasteiger partial charge in [-0.05, 0) is 14.1 Å². The van der Waals surface area contributed by atoms with Crippen molar-refractivity contribution >= 4 is 0 Å². The van der Waals surface area contributed by atoms with Crippen molar-refractivity contribution in [3.8, 4) is 0 Å². The van der Waals surface area contributed by atoms with Crippen LogP contribution in [0.5, 0.6) is 0 Å². The Labute approximate surface area is 51.0 Å². The van der Waals surface area contributed by atoms with Crippen LogP contribution in [0, 0.1) is 0 Å². The second-order valence-corrected chi connectivity index (χ2v) is 1.59. The molecule has 0 unspecified atom stereocenters. The molecule has 2 nitrogen and oxygen atoms in total. The van der Waals surface area contributed by atoms with Crippen LogP contribution in [0.4, 0.5) is 0 Å². The summed E-state index contributed by atoms with van der Waals surface area (Å²) in [7, 11) is 3.87. The average Bonchev–Trinajstić information content (AvgIpc) is 1.81. The monoisotopic (exact) mass is 114 g/mol. The molecule has 0 heterocycles. The molecule has 0 aliphatic carbocycles. The lowest BCUT2D eigenvalue weighted by Crippen LogP contribution is -2.07. The Morgan fingerprint density at radius 1 is 1.00 bits per heavy atom. The third-order valence-corrected chi connectivity index (χ3v) is 0.811. The zero-order chi connectivity index (χ0) is 6.24. The van der Waals surface area contributed by atoms with Crippen LogP contribution in [0.2, 0.25) is 0 Å². The van der Waals surface area contributed by atoms with Crippen molar-refractivity contribution < 1.29 is 0 Å². The zero-order valence-corrected chi connectivity index (χ0v) is 5.57. The van der Waals surface area contributed by atoms with Crippen LogP contribution in [-0.2, 0) is 0 Å². The Morgan fingerprint density at radius 2 is 1.38 bits per heavy atom. The molecule has 2 N–H and O–H groups in total. The number of likely N-dealkylation sites (N-methyl/N-ethyl adjacent to an activating group) is 2. The van der Waals surface area contributed by atoms with Crippen LogP contribution in [0.25, 0.3) is 0 Å². The van der Waals surface area contributed by atoms with E-state index >= 15 is 0 Å². The van der Waals surface area contributed by atoms with E-state index in [1.165, 1.54) is 0 Å². The quantitative estimate of drug-likeness (QED) is 0.502. The van der Waals surface area contributed by atoms with Gasteiger partial charge < -0.3 is 10.6 Å². The normalized spacial score (nSPS) is 10.8. The van der Waals surface area contributed by atoms with Crippen molar-refractivity contribution in [1.29, 1.82) is 0 Å². The first-order valence-corrected chi connectivity index (χ1v) is 2.86. The minimum atomic E-state index is 0.960. The summed E-state index contributed by atoms with van der Waals surface area (Å²) < 4.78 is 0. The van der Waals surface area contributed by atoms with E-state index < -0.39 is 0 Å². The Balaban J connectivity index is 2.83. The number of nitrogens with one attached hydrogen (secondary N) is 2. The SMILES string of the molecule is CNCC=CCNC. The van der Waals surface area contributed by atoms with Gasteiger partial charge in [0.2, 0.25) is 0 Å². The van der Waals surface area contributed by atoms with Crippen LogP contribution in [0.3, 0.4) is 0 Å². The summed E-state index contributed by atoms with van der Waals surface area (Å²) >= 11 is 0. The first-order valence-electron chi connectivity index (χ1n) is 2.86. The van der Waals surface area contributed by atoms with Crippen LogP contribution in [0.15, 0.2) is 12.2 Å². The first-order chi connectivity index (χ1) is 3.91. The predicted octanol–water partition coefficient (Wildman–Crippen LogP) is -0.0186. The largest absolute Gasteiger partial charge is 0.316 e. The van der Waals surface area contributed by atoms with E-state index in [4.69, 9.17) is 0 Å². The molecule has 8 heavy (non-hydrogen) atoms. The zero-order valence-electron chi connectivity index (χ0n) is 5.57. The molecule has 0 aromatic carbocycles. The van der Waals surface area contributed by atoms with Gasteiger partial charge in [0.25, 0.3) is 0 Å². The summed E-state index contributed by atoms with van der Waals surface area (Å²) in [6.45, 7) is 1.92. The molecule has 0 radical (unpaired) electrons. The Morgan fingerprint density at radius 3 is 1.62 bits per heavy atom. The van der Waals surface area contributed by atoms with E-state index in [0.717, 1.165) is 13.1 Å². The summed E-state index contributed by atoms with van der Waals surface area (Å²) in [5, 5.41) is 6.02. The van der Waals surface area contributed by atoms with Gasteiger partial charge in [0.15, 0.2) is 0 Å². The van der Waals surface area contributed by atoms with E-state index in [-0.39, 0.29) is 0 Å². The van der Waals surface area contributed by atoms with E-state index in [2.05, 4.69) is 22.8 Å². The lowest BCUT2D eigenvalue weighted by molar-refractivity contribution is 0.891. The fourth-order valence-electron chi connectivity index (χ4n) is 0.402. The highest BCUT2D eigenvalue weighted by molar-refractivity contribution is 4.84. The fraction of sp³-hybridized carbons (Fsp3) is 0.667. The van der Waals surface area contributed by atoms with Crippen molar-refractivity contribution in [2.45, 2.75) is 0 Å². The van der Waals surface area contributed by atoms with Crippen LogP contribution in [-0.4, -0.2) is 27.2 Å². The van der Waals surface area contributed by atoms with Gasteiger partial charge in [-0.25, -0.2) is 0 Å². The molecule has 0 saturated carbocycles. The van der Waals surface area contributed by atoms with Crippen molar-refractivity contribution in [2.75, 3.05) is 27.2 Å². The molecule has 0 rings (SSSR count). The first kappa shape index (κ1) is 7.66. The minimum Gasteiger partial charge on any atom is -0.316 e. The lowest BCUT2D eigenvalue weighted by atomic mass is 10.5. The number of rotatable bonds is 4. The van der Waals surface area contributed by atoms with Gasteiger partial charge in [0, 0.05) is 13.1 Å². The van der Waals surface area contributed by atoms with Crippen LogP contribution >= 0.6 is 0 Å². The molecule has 2 heteroatoms. The molecule has 0 fully saturated rings. The molecular formula is C6H14N2. The van der Waals surface area contributed by atoms with E-state index in [1.54, 1.807) is 0 Å². The standard InChI is InChI=1S/C6H14N2/c1-7-5-3-4-6-8-2/h3-4,7-8H,5-6H2,1-2H3. The van der Waals surface area contributed by atoms with E-state index in [1.807, 2.05) is 14.1 Å². The highest BCUT2D eigenvalue weighted by atomic mass is 14.8. The molecule has 0 atom stereocenters.